The molecule has 0 saturated heterocycles. The topological polar surface area (TPSA) is 72.8 Å². The molecule has 148 valence electrons. The van der Waals surface area contributed by atoms with Gasteiger partial charge >= 0.3 is 0 Å². The summed E-state index contributed by atoms with van der Waals surface area (Å²) in [5.74, 6) is 1.92. The monoisotopic (exact) mass is 406 g/mol. The lowest BCUT2D eigenvalue weighted by atomic mass is 10.1. The lowest BCUT2D eigenvalue weighted by Gasteiger charge is -2.05. The number of thioether (sulfide) groups is 1. The summed E-state index contributed by atoms with van der Waals surface area (Å²) >= 11 is 1.40. The van der Waals surface area contributed by atoms with E-state index in [1.807, 2.05) is 54.2 Å². The van der Waals surface area contributed by atoms with Gasteiger partial charge in [-0.2, -0.15) is 0 Å². The number of ketones is 1. The van der Waals surface area contributed by atoms with Crippen LogP contribution in [0, 0.1) is 0 Å². The first-order valence-corrected chi connectivity index (χ1v) is 10.4. The number of carbonyl (C=O) groups is 1. The van der Waals surface area contributed by atoms with Crippen LogP contribution in [0.15, 0.2) is 53.8 Å². The number of rotatable bonds is 7. The van der Waals surface area contributed by atoms with Crippen molar-refractivity contribution in [1.29, 1.82) is 0 Å². The van der Waals surface area contributed by atoms with Gasteiger partial charge in [0.2, 0.25) is 0 Å². The standard InChI is InChI=1S/C22H22N4O2S/c1-4-14-6-5-7-17-18(12-23-20(14)17)19(27)13-29-22-25-24-21(26(22)2)15-8-10-16(28-3)11-9-15/h5-12,23H,4,13H2,1-3H3. The second-order valence-corrected chi connectivity index (χ2v) is 7.64. The van der Waals surface area contributed by atoms with Gasteiger partial charge in [-0.1, -0.05) is 36.9 Å². The van der Waals surface area contributed by atoms with Crippen LogP contribution in [0.2, 0.25) is 0 Å². The number of aromatic amines is 1. The number of para-hydroxylation sites is 1. The quantitative estimate of drug-likeness (QED) is 0.361. The van der Waals surface area contributed by atoms with Crippen LogP contribution >= 0.6 is 11.8 Å². The average Bonchev–Trinajstić information content (AvgIpc) is 3.35. The fraction of sp³-hybridized carbons (Fsp3) is 0.227. The van der Waals surface area contributed by atoms with E-state index in [1.165, 1.54) is 17.3 Å². The molecule has 0 fully saturated rings. The van der Waals surface area contributed by atoms with Crippen LogP contribution in [0.25, 0.3) is 22.3 Å². The number of hydrogen-bond donors (Lipinski definition) is 1. The Morgan fingerprint density at radius 1 is 1.17 bits per heavy atom. The van der Waals surface area contributed by atoms with Crippen LogP contribution in [-0.4, -0.2) is 38.4 Å². The second-order valence-electron chi connectivity index (χ2n) is 6.70. The largest absolute Gasteiger partial charge is 0.497 e. The lowest BCUT2D eigenvalue weighted by Crippen LogP contribution is -2.03. The van der Waals surface area contributed by atoms with Gasteiger partial charge in [0.15, 0.2) is 16.8 Å². The molecule has 0 amide bonds. The molecular weight excluding hydrogens is 384 g/mol. The van der Waals surface area contributed by atoms with Crippen LogP contribution in [0.5, 0.6) is 5.75 Å². The zero-order valence-electron chi connectivity index (χ0n) is 16.6. The molecule has 0 bridgehead atoms. The Bertz CT molecular complexity index is 1160. The summed E-state index contributed by atoms with van der Waals surface area (Å²) in [6.45, 7) is 2.11. The van der Waals surface area contributed by atoms with Gasteiger partial charge in [0.1, 0.15) is 5.75 Å². The minimum Gasteiger partial charge on any atom is -0.497 e. The predicted molar refractivity (Wildman–Crippen MR) is 116 cm³/mol. The Kier molecular flexibility index (Phi) is 5.40. The number of nitrogens with zero attached hydrogens (tertiary/aromatic N) is 3. The number of nitrogens with one attached hydrogen (secondary N) is 1. The van der Waals surface area contributed by atoms with E-state index in [4.69, 9.17) is 4.74 Å². The van der Waals surface area contributed by atoms with E-state index in [2.05, 4.69) is 28.2 Å². The van der Waals surface area contributed by atoms with Crippen molar-refractivity contribution in [3.63, 3.8) is 0 Å². The Labute approximate surface area is 173 Å². The second kappa shape index (κ2) is 8.13. The van der Waals surface area contributed by atoms with Gasteiger partial charge in [-0.25, -0.2) is 0 Å². The Morgan fingerprint density at radius 3 is 2.69 bits per heavy atom. The number of aryl methyl sites for hydroxylation is 1. The van der Waals surface area contributed by atoms with Gasteiger partial charge in [0.25, 0.3) is 0 Å². The molecule has 0 aliphatic heterocycles. The highest BCUT2D eigenvalue weighted by Gasteiger charge is 2.17. The van der Waals surface area contributed by atoms with E-state index in [9.17, 15) is 4.79 Å². The van der Waals surface area contributed by atoms with Crippen LogP contribution in [0.1, 0.15) is 22.8 Å². The fourth-order valence-corrected chi connectivity index (χ4v) is 4.18. The number of ether oxygens (including phenoxy) is 1. The normalized spacial score (nSPS) is 11.1. The molecule has 4 rings (SSSR count). The van der Waals surface area contributed by atoms with E-state index in [1.54, 1.807) is 7.11 Å². The molecule has 0 saturated carbocycles. The third kappa shape index (κ3) is 3.65. The van der Waals surface area contributed by atoms with Crippen molar-refractivity contribution < 1.29 is 9.53 Å². The van der Waals surface area contributed by atoms with Crippen molar-refractivity contribution in [2.45, 2.75) is 18.5 Å². The third-order valence-electron chi connectivity index (χ3n) is 5.00. The SMILES string of the molecule is CCc1cccc2c(C(=O)CSc3nnc(-c4ccc(OC)cc4)n3C)c[nH]c12. The molecule has 0 aliphatic carbocycles. The van der Waals surface area contributed by atoms with Crippen molar-refractivity contribution >= 4 is 28.4 Å². The Morgan fingerprint density at radius 2 is 1.97 bits per heavy atom. The fourth-order valence-electron chi connectivity index (χ4n) is 3.38. The first kappa shape index (κ1) is 19.3. The molecule has 2 aromatic heterocycles. The van der Waals surface area contributed by atoms with Crippen molar-refractivity contribution in [3.8, 4) is 17.1 Å². The van der Waals surface area contributed by atoms with Crippen LogP contribution in [-0.2, 0) is 13.5 Å². The maximum absolute atomic E-state index is 12.8. The van der Waals surface area contributed by atoms with E-state index < -0.39 is 0 Å². The molecular formula is C22H22N4O2S. The summed E-state index contributed by atoms with van der Waals surface area (Å²) in [5, 5.41) is 10.2. The third-order valence-corrected chi connectivity index (χ3v) is 6.02. The summed E-state index contributed by atoms with van der Waals surface area (Å²) in [7, 11) is 3.55. The summed E-state index contributed by atoms with van der Waals surface area (Å²) in [6, 6.07) is 13.8. The molecule has 6 nitrogen and oxygen atoms in total. The molecule has 0 aliphatic rings. The molecule has 7 heteroatoms. The highest BCUT2D eigenvalue weighted by atomic mass is 32.2. The zero-order chi connectivity index (χ0) is 20.4. The molecule has 29 heavy (non-hydrogen) atoms. The molecule has 0 radical (unpaired) electrons. The van der Waals surface area contributed by atoms with E-state index in [0.29, 0.717) is 10.9 Å². The number of H-pyrrole nitrogens is 1. The number of benzene rings is 2. The Hall–Kier alpha value is -3.06. The minimum absolute atomic E-state index is 0.0727. The number of aromatic nitrogens is 4. The summed E-state index contributed by atoms with van der Waals surface area (Å²) < 4.78 is 7.11. The molecule has 0 unspecified atom stereocenters. The summed E-state index contributed by atoms with van der Waals surface area (Å²) in [5.41, 5.74) is 3.93. The minimum atomic E-state index is 0.0727. The predicted octanol–water partition coefficient (Wildman–Crippen LogP) is 4.51. The molecule has 0 atom stereocenters. The van der Waals surface area contributed by atoms with Gasteiger partial charge in [-0.05, 0) is 36.2 Å². The molecule has 0 spiro atoms. The van der Waals surface area contributed by atoms with Crippen molar-refractivity contribution in [2.24, 2.45) is 7.05 Å². The van der Waals surface area contributed by atoms with E-state index in [-0.39, 0.29) is 5.78 Å². The molecule has 2 aromatic carbocycles. The number of carbonyl (C=O) groups excluding carboxylic acids is 1. The molecule has 2 heterocycles. The zero-order valence-corrected chi connectivity index (χ0v) is 17.4. The molecule has 4 aromatic rings. The van der Waals surface area contributed by atoms with Gasteiger partial charge < -0.3 is 14.3 Å². The van der Waals surface area contributed by atoms with Crippen molar-refractivity contribution in [2.75, 3.05) is 12.9 Å². The number of methoxy groups -OCH3 is 1. The van der Waals surface area contributed by atoms with Gasteiger partial charge in [0.05, 0.1) is 12.9 Å². The molecule has 1 N–H and O–H groups in total. The highest BCUT2D eigenvalue weighted by molar-refractivity contribution is 7.99. The van der Waals surface area contributed by atoms with E-state index in [0.717, 1.165) is 40.0 Å². The number of hydrogen-bond acceptors (Lipinski definition) is 5. The smallest absolute Gasteiger partial charge is 0.191 e. The van der Waals surface area contributed by atoms with Gasteiger partial charge in [-0.15, -0.1) is 10.2 Å². The Balaban J connectivity index is 1.51. The van der Waals surface area contributed by atoms with Crippen LogP contribution < -0.4 is 4.74 Å². The van der Waals surface area contributed by atoms with Crippen molar-refractivity contribution in [3.05, 3.63) is 59.8 Å². The van der Waals surface area contributed by atoms with Gasteiger partial charge in [-0.3, -0.25) is 4.79 Å². The van der Waals surface area contributed by atoms with Crippen LogP contribution in [0.4, 0.5) is 0 Å². The first-order valence-electron chi connectivity index (χ1n) is 9.41. The van der Waals surface area contributed by atoms with Gasteiger partial charge in [0, 0.05) is 35.3 Å². The van der Waals surface area contributed by atoms with E-state index >= 15 is 0 Å². The summed E-state index contributed by atoms with van der Waals surface area (Å²) in [6.07, 6.45) is 2.74. The number of fused-ring (bicyclic) bond motifs is 1. The average molecular weight is 407 g/mol. The first-order chi connectivity index (χ1) is 14.1. The maximum atomic E-state index is 12.8. The number of Topliss-reactive ketones (excluding diaryl/α,β-unsaturated/α-hetero) is 1. The van der Waals surface area contributed by atoms with Crippen molar-refractivity contribution in [1.82, 2.24) is 19.7 Å². The highest BCUT2D eigenvalue weighted by Crippen LogP contribution is 2.27. The lowest BCUT2D eigenvalue weighted by molar-refractivity contribution is 0.102. The summed E-state index contributed by atoms with van der Waals surface area (Å²) in [4.78, 5) is 16.1. The van der Waals surface area contributed by atoms with Crippen LogP contribution in [0.3, 0.4) is 0 Å². The maximum Gasteiger partial charge on any atom is 0.191 e.